The lowest BCUT2D eigenvalue weighted by Gasteiger charge is -2.34. The zero-order chi connectivity index (χ0) is 23.2. The van der Waals surface area contributed by atoms with Crippen molar-refractivity contribution in [3.63, 3.8) is 0 Å². The van der Waals surface area contributed by atoms with Gasteiger partial charge in [0.1, 0.15) is 0 Å². The van der Waals surface area contributed by atoms with Crippen molar-refractivity contribution in [3.05, 3.63) is 42.0 Å². The van der Waals surface area contributed by atoms with Crippen molar-refractivity contribution in [2.24, 2.45) is 11.8 Å². The van der Waals surface area contributed by atoms with Crippen LogP contribution >= 0.6 is 0 Å². The quantitative estimate of drug-likeness (QED) is 0.275. The summed E-state index contributed by atoms with van der Waals surface area (Å²) in [4.78, 5) is 62.8. The fourth-order valence-electron chi connectivity index (χ4n) is 4.43. The Morgan fingerprint density at radius 2 is 1.69 bits per heavy atom. The lowest BCUT2D eigenvalue weighted by atomic mass is 9.76. The molecule has 0 saturated carbocycles. The van der Waals surface area contributed by atoms with Crippen molar-refractivity contribution in [3.8, 4) is 0 Å². The van der Waals surface area contributed by atoms with Gasteiger partial charge in [0.15, 0.2) is 5.60 Å². The molecule has 0 aliphatic carbocycles. The molecule has 4 rings (SSSR count). The van der Waals surface area contributed by atoms with E-state index in [1.165, 1.54) is 30.3 Å². The van der Waals surface area contributed by atoms with Crippen molar-refractivity contribution >= 4 is 35.4 Å². The summed E-state index contributed by atoms with van der Waals surface area (Å²) in [5.41, 5.74) is -1.06. The third-order valence-corrected chi connectivity index (χ3v) is 5.63. The van der Waals surface area contributed by atoms with Gasteiger partial charge in [-0.2, -0.15) is 0 Å². The van der Waals surface area contributed by atoms with Crippen LogP contribution in [0.5, 0.6) is 0 Å². The fraction of sp³-hybridized carbons (Fsp3) is 0.409. The van der Waals surface area contributed by atoms with Gasteiger partial charge in [-0.05, 0) is 37.3 Å². The van der Waals surface area contributed by atoms with Crippen molar-refractivity contribution in [2.75, 3.05) is 11.5 Å². The number of benzene rings is 1. The Hall–Kier alpha value is -3.53. The number of carbonyl (C=O) groups is 5. The zero-order valence-corrected chi connectivity index (χ0v) is 17.6. The van der Waals surface area contributed by atoms with E-state index in [2.05, 4.69) is 0 Å². The predicted octanol–water partition coefficient (Wildman–Crippen LogP) is 1.13. The Balaban J connectivity index is 1.66. The molecule has 168 valence electrons. The number of amides is 2. The van der Waals surface area contributed by atoms with E-state index >= 15 is 0 Å². The number of nitrogens with zero attached hydrogens (tertiary/aromatic N) is 1. The lowest BCUT2D eigenvalue weighted by Crippen LogP contribution is -2.52. The van der Waals surface area contributed by atoms with Gasteiger partial charge >= 0.3 is 17.9 Å². The summed E-state index contributed by atoms with van der Waals surface area (Å²) in [5, 5.41) is 0. The molecule has 2 saturated heterocycles. The number of carbonyl (C=O) groups excluding carboxylic acids is 5. The van der Waals surface area contributed by atoms with Crippen LogP contribution in [-0.2, 0) is 38.1 Å². The summed E-state index contributed by atoms with van der Waals surface area (Å²) in [5.74, 6) is -5.00. The van der Waals surface area contributed by atoms with Crippen molar-refractivity contribution < 1.29 is 42.9 Å². The molecular weight excluding hydrogens is 422 g/mol. The second-order valence-corrected chi connectivity index (χ2v) is 7.63. The minimum Gasteiger partial charge on any atom is -0.462 e. The average molecular weight is 443 g/mol. The fourth-order valence-corrected chi connectivity index (χ4v) is 4.43. The number of hydrogen-bond donors (Lipinski definition) is 0. The van der Waals surface area contributed by atoms with Gasteiger partial charge in [0.25, 0.3) is 6.29 Å². The standard InChI is InChI=1S/C22H21NO9/c1-4-29-20(28)13-5-7-14(8-6-13)23-18(26)16-15-9-10-22(32-15,17(16)19(23)27)21(30-11(2)24)31-12(3)25/h5-10,15-17,21H,4H2,1-3H3/t15-,16-,17+,22-/m1/s1. The molecular formula is C22H21NO9. The molecule has 3 heterocycles. The molecule has 32 heavy (non-hydrogen) atoms. The first kappa shape index (κ1) is 21.7. The highest BCUT2D eigenvalue weighted by Crippen LogP contribution is 2.54. The highest BCUT2D eigenvalue weighted by molar-refractivity contribution is 6.23. The Morgan fingerprint density at radius 3 is 2.25 bits per heavy atom. The molecule has 0 radical (unpaired) electrons. The first-order valence-corrected chi connectivity index (χ1v) is 10.1. The molecule has 10 heteroatoms. The van der Waals surface area contributed by atoms with Crippen LogP contribution in [0.3, 0.4) is 0 Å². The van der Waals surface area contributed by atoms with Gasteiger partial charge in [-0.3, -0.25) is 19.2 Å². The van der Waals surface area contributed by atoms with Crippen LogP contribution in [0, 0.1) is 11.8 Å². The Kier molecular flexibility index (Phi) is 5.33. The summed E-state index contributed by atoms with van der Waals surface area (Å²) in [6.07, 6.45) is 0.832. The molecule has 2 amide bonds. The third kappa shape index (κ3) is 3.27. The number of rotatable bonds is 6. The molecule has 3 aliphatic heterocycles. The van der Waals surface area contributed by atoms with Gasteiger partial charge < -0.3 is 18.9 Å². The monoisotopic (exact) mass is 443 g/mol. The number of fused-ring (bicyclic) bond motifs is 5. The van der Waals surface area contributed by atoms with E-state index in [0.717, 1.165) is 18.7 Å². The number of imide groups is 1. The molecule has 2 fully saturated rings. The van der Waals surface area contributed by atoms with Crippen molar-refractivity contribution in [1.29, 1.82) is 0 Å². The number of esters is 3. The Morgan fingerprint density at radius 1 is 1.06 bits per heavy atom. The van der Waals surface area contributed by atoms with Gasteiger partial charge in [-0.1, -0.05) is 6.08 Å². The summed E-state index contributed by atoms with van der Waals surface area (Å²) in [6, 6.07) is 5.87. The van der Waals surface area contributed by atoms with E-state index < -0.39 is 59.6 Å². The molecule has 1 aromatic rings. The van der Waals surface area contributed by atoms with Gasteiger partial charge in [0.2, 0.25) is 11.8 Å². The van der Waals surface area contributed by atoms with E-state index in [1.807, 2.05) is 0 Å². The SMILES string of the molecule is CCOC(=O)c1ccc(N2C(=O)[C@H]3[C@@H](C2=O)[C@@]2(C(OC(C)=O)OC(C)=O)C=C[C@H]3O2)cc1. The maximum absolute atomic E-state index is 13.4. The normalized spacial score (nSPS) is 27.6. The minimum atomic E-state index is -1.61. The molecule has 2 bridgehead atoms. The van der Waals surface area contributed by atoms with Gasteiger partial charge in [-0.15, -0.1) is 0 Å². The molecule has 1 aromatic carbocycles. The van der Waals surface area contributed by atoms with Crippen LogP contribution < -0.4 is 4.90 Å². The topological polar surface area (TPSA) is 126 Å². The molecule has 3 aliphatic rings. The van der Waals surface area contributed by atoms with Gasteiger partial charge in [0.05, 0.1) is 35.8 Å². The number of ether oxygens (including phenoxy) is 4. The maximum atomic E-state index is 13.4. The number of hydrogen-bond acceptors (Lipinski definition) is 9. The van der Waals surface area contributed by atoms with E-state index in [1.54, 1.807) is 13.0 Å². The second kappa shape index (κ2) is 7.86. The third-order valence-electron chi connectivity index (χ3n) is 5.63. The Bertz CT molecular complexity index is 1010. The molecule has 0 spiro atoms. The average Bonchev–Trinajstić information content (AvgIpc) is 3.38. The molecule has 10 nitrogen and oxygen atoms in total. The predicted molar refractivity (Wildman–Crippen MR) is 106 cm³/mol. The van der Waals surface area contributed by atoms with Gasteiger partial charge in [-0.25, -0.2) is 9.69 Å². The summed E-state index contributed by atoms with van der Waals surface area (Å²) < 4.78 is 21.2. The van der Waals surface area contributed by atoms with Crippen LogP contribution in [0.15, 0.2) is 36.4 Å². The van der Waals surface area contributed by atoms with E-state index in [4.69, 9.17) is 18.9 Å². The maximum Gasteiger partial charge on any atom is 0.338 e. The summed E-state index contributed by atoms with van der Waals surface area (Å²) in [7, 11) is 0. The van der Waals surface area contributed by atoms with E-state index in [0.29, 0.717) is 0 Å². The van der Waals surface area contributed by atoms with Crippen LogP contribution in [-0.4, -0.2) is 54.3 Å². The smallest absolute Gasteiger partial charge is 0.338 e. The van der Waals surface area contributed by atoms with Crippen molar-refractivity contribution in [2.45, 2.75) is 38.8 Å². The van der Waals surface area contributed by atoms with Gasteiger partial charge in [0, 0.05) is 13.8 Å². The molecule has 4 atom stereocenters. The number of anilines is 1. The first-order chi connectivity index (χ1) is 15.2. The summed E-state index contributed by atoms with van der Waals surface area (Å²) >= 11 is 0. The second-order valence-electron chi connectivity index (χ2n) is 7.63. The van der Waals surface area contributed by atoms with Crippen molar-refractivity contribution in [1.82, 2.24) is 0 Å². The Labute approximate surface area is 183 Å². The zero-order valence-electron chi connectivity index (χ0n) is 17.6. The van der Waals surface area contributed by atoms with Crippen LogP contribution in [0.1, 0.15) is 31.1 Å². The molecule has 0 N–H and O–H groups in total. The van der Waals surface area contributed by atoms with Crippen LogP contribution in [0.2, 0.25) is 0 Å². The van der Waals surface area contributed by atoms with E-state index in [9.17, 15) is 24.0 Å². The van der Waals surface area contributed by atoms with Crippen LogP contribution in [0.25, 0.3) is 0 Å². The highest BCUT2D eigenvalue weighted by atomic mass is 16.7. The molecule has 0 unspecified atom stereocenters. The highest BCUT2D eigenvalue weighted by Gasteiger charge is 2.72. The van der Waals surface area contributed by atoms with E-state index in [-0.39, 0.29) is 17.9 Å². The van der Waals surface area contributed by atoms with Crippen LogP contribution in [0.4, 0.5) is 5.69 Å². The first-order valence-electron chi connectivity index (χ1n) is 10.1. The lowest BCUT2D eigenvalue weighted by molar-refractivity contribution is -0.226. The minimum absolute atomic E-state index is 0.218. The molecule has 0 aromatic heterocycles. The summed E-state index contributed by atoms with van der Waals surface area (Å²) in [6.45, 7) is 4.17. The largest absolute Gasteiger partial charge is 0.462 e.